The maximum Gasteiger partial charge on any atom is 0.0492 e. The van der Waals surface area contributed by atoms with Gasteiger partial charge in [-0.05, 0) is 37.7 Å². The van der Waals surface area contributed by atoms with E-state index >= 15 is 0 Å². The van der Waals surface area contributed by atoms with Gasteiger partial charge in [0.25, 0.3) is 0 Å². The van der Waals surface area contributed by atoms with E-state index in [0.717, 1.165) is 31.3 Å². The van der Waals surface area contributed by atoms with Crippen LogP contribution < -0.4 is 5.32 Å². The smallest absolute Gasteiger partial charge is 0.0492 e. The molecule has 1 aliphatic carbocycles. The van der Waals surface area contributed by atoms with Gasteiger partial charge in [0.05, 0.1) is 0 Å². The van der Waals surface area contributed by atoms with Crippen molar-refractivity contribution in [2.45, 2.75) is 33.1 Å². The van der Waals surface area contributed by atoms with Crippen molar-refractivity contribution in [3.63, 3.8) is 0 Å². The lowest BCUT2D eigenvalue weighted by Gasteiger charge is -2.29. The maximum absolute atomic E-state index is 4.19. The van der Waals surface area contributed by atoms with Crippen molar-refractivity contribution in [1.29, 1.82) is 0 Å². The molecule has 0 amide bonds. The Kier molecular flexibility index (Phi) is 4.59. The average molecular weight is 247 g/mol. The molecule has 0 bridgehead atoms. The van der Waals surface area contributed by atoms with E-state index in [2.05, 4.69) is 36.4 Å². The Labute approximate surface area is 110 Å². The van der Waals surface area contributed by atoms with Crippen molar-refractivity contribution in [3.05, 3.63) is 29.6 Å². The van der Waals surface area contributed by atoms with Crippen molar-refractivity contribution < 1.29 is 0 Å². The summed E-state index contributed by atoms with van der Waals surface area (Å²) in [7, 11) is 2.01. The standard InChI is InChI=1S/C15H25N3/c1-12-5-4-6-13(2)15(12)11-16-9-7-14-8-10-17-18(14)3/h5,8,10,13,15-16H,4,6-7,9,11H2,1-3H3/t13-,15-/m0/s1. The first-order valence-electron chi connectivity index (χ1n) is 7.02. The van der Waals surface area contributed by atoms with E-state index in [1.807, 2.05) is 17.9 Å². The molecule has 1 N–H and O–H groups in total. The summed E-state index contributed by atoms with van der Waals surface area (Å²) in [5.74, 6) is 1.55. The van der Waals surface area contributed by atoms with Gasteiger partial charge < -0.3 is 5.32 Å². The van der Waals surface area contributed by atoms with Crippen LogP contribution in [0.4, 0.5) is 0 Å². The molecule has 18 heavy (non-hydrogen) atoms. The summed E-state index contributed by atoms with van der Waals surface area (Å²) in [5.41, 5.74) is 2.87. The zero-order chi connectivity index (χ0) is 13.0. The Morgan fingerprint density at radius 2 is 2.33 bits per heavy atom. The molecule has 1 aromatic rings. The highest BCUT2D eigenvalue weighted by Gasteiger charge is 2.21. The van der Waals surface area contributed by atoms with Gasteiger partial charge in [-0.25, -0.2) is 0 Å². The second-order valence-electron chi connectivity index (χ2n) is 5.51. The molecule has 0 fully saturated rings. The summed E-state index contributed by atoms with van der Waals surface area (Å²) in [6.45, 7) is 6.81. The van der Waals surface area contributed by atoms with E-state index < -0.39 is 0 Å². The molecule has 0 aromatic carbocycles. The molecule has 0 spiro atoms. The normalized spacial score (nSPS) is 24.1. The number of hydrogen-bond acceptors (Lipinski definition) is 2. The molecule has 0 saturated heterocycles. The molecule has 2 atom stereocenters. The van der Waals surface area contributed by atoms with Crippen molar-refractivity contribution in [2.75, 3.05) is 13.1 Å². The summed E-state index contributed by atoms with van der Waals surface area (Å²) >= 11 is 0. The Morgan fingerprint density at radius 1 is 1.50 bits per heavy atom. The molecule has 100 valence electrons. The lowest BCUT2D eigenvalue weighted by molar-refractivity contribution is 0.351. The Balaban J connectivity index is 1.74. The molecular formula is C15H25N3. The first-order valence-corrected chi connectivity index (χ1v) is 7.02. The fraction of sp³-hybridized carbons (Fsp3) is 0.667. The highest BCUT2D eigenvalue weighted by Crippen LogP contribution is 2.29. The summed E-state index contributed by atoms with van der Waals surface area (Å²) in [6, 6.07) is 2.09. The van der Waals surface area contributed by atoms with E-state index in [9.17, 15) is 0 Å². The van der Waals surface area contributed by atoms with Gasteiger partial charge in [0.1, 0.15) is 0 Å². The lowest BCUT2D eigenvalue weighted by Crippen LogP contribution is -2.31. The van der Waals surface area contributed by atoms with Crippen molar-refractivity contribution in [2.24, 2.45) is 18.9 Å². The van der Waals surface area contributed by atoms with Crippen LogP contribution in [0.3, 0.4) is 0 Å². The largest absolute Gasteiger partial charge is 0.316 e. The van der Waals surface area contributed by atoms with Crippen molar-refractivity contribution >= 4 is 0 Å². The third-order valence-electron chi connectivity index (χ3n) is 4.20. The Bertz CT molecular complexity index is 406. The van der Waals surface area contributed by atoms with Crippen molar-refractivity contribution in [1.82, 2.24) is 15.1 Å². The Hall–Kier alpha value is -1.09. The molecule has 0 unspecified atom stereocenters. The number of rotatable bonds is 5. The summed E-state index contributed by atoms with van der Waals surface area (Å²) in [6.07, 6.45) is 7.93. The van der Waals surface area contributed by atoms with Crippen LogP contribution in [-0.4, -0.2) is 22.9 Å². The predicted molar refractivity (Wildman–Crippen MR) is 75.4 cm³/mol. The third-order valence-corrected chi connectivity index (χ3v) is 4.20. The minimum atomic E-state index is 0.727. The fourth-order valence-corrected chi connectivity index (χ4v) is 2.86. The van der Waals surface area contributed by atoms with Crippen LogP contribution in [-0.2, 0) is 13.5 Å². The van der Waals surface area contributed by atoms with Crippen LogP contribution in [0.5, 0.6) is 0 Å². The van der Waals surface area contributed by atoms with E-state index in [0.29, 0.717) is 0 Å². The first kappa shape index (κ1) is 13.3. The topological polar surface area (TPSA) is 29.9 Å². The molecule has 1 heterocycles. The zero-order valence-electron chi connectivity index (χ0n) is 11.8. The lowest BCUT2D eigenvalue weighted by atomic mass is 9.80. The van der Waals surface area contributed by atoms with Gasteiger partial charge in [-0.3, -0.25) is 4.68 Å². The molecule has 1 aromatic heterocycles. The molecule has 1 aliphatic rings. The van der Waals surface area contributed by atoms with E-state index in [-0.39, 0.29) is 0 Å². The van der Waals surface area contributed by atoms with Crippen LogP contribution in [0.25, 0.3) is 0 Å². The third kappa shape index (κ3) is 3.22. The zero-order valence-corrected chi connectivity index (χ0v) is 11.8. The summed E-state index contributed by atoms with van der Waals surface area (Å²) in [5, 5.41) is 7.79. The molecular weight excluding hydrogens is 222 g/mol. The number of nitrogens with one attached hydrogen (secondary N) is 1. The number of nitrogens with zero attached hydrogens (tertiary/aromatic N) is 2. The molecule has 2 rings (SSSR count). The molecule has 3 nitrogen and oxygen atoms in total. The minimum absolute atomic E-state index is 0.727. The molecule has 0 radical (unpaired) electrons. The van der Waals surface area contributed by atoms with Gasteiger partial charge in [-0.2, -0.15) is 5.10 Å². The monoisotopic (exact) mass is 247 g/mol. The molecule has 0 aliphatic heterocycles. The van der Waals surface area contributed by atoms with Gasteiger partial charge in [-0.15, -0.1) is 0 Å². The fourth-order valence-electron chi connectivity index (χ4n) is 2.86. The Morgan fingerprint density at radius 3 is 3.00 bits per heavy atom. The van der Waals surface area contributed by atoms with E-state index in [1.54, 1.807) is 5.57 Å². The second-order valence-corrected chi connectivity index (χ2v) is 5.51. The SMILES string of the molecule is CC1=CCC[C@H](C)[C@H]1CNCCc1ccnn1C. The van der Waals surface area contributed by atoms with E-state index in [1.165, 1.54) is 18.5 Å². The first-order chi connectivity index (χ1) is 8.68. The average Bonchev–Trinajstić information content (AvgIpc) is 2.73. The van der Waals surface area contributed by atoms with Crippen LogP contribution >= 0.6 is 0 Å². The van der Waals surface area contributed by atoms with Crippen LogP contribution in [0, 0.1) is 11.8 Å². The number of allylic oxidation sites excluding steroid dienone is 1. The number of aromatic nitrogens is 2. The van der Waals surface area contributed by atoms with E-state index in [4.69, 9.17) is 0 Å². The minimum Gasteiger partial charge on any atom is -0.316 e. The summed E-state index contributed by atoms with van der Waals surface area (Å²) in [4.78, 5) is 0. The van der Waals surface area contributed by atoms with Gasteiger partial charge >= 0.3 is 0 Å². The quantitative estimate of drug-likeness (QED) is 0.640. The predicted octanol–water partition coefficient (Wildman–Crippen LogP) is 2.54. The molecule has 0 saturated carbocycles. The second kappa shape index (κ2) is 6.19. The number of hydrogen-bond donors (Lipinski definition) is 1. The van der Waals surface area contributed by atoms with Gasteiger partial charge in [0, 0.05) is 38.4 Å². The summed E-state index contributed by atoms with van der Waals surface area (Å²) < 4.78 is 1.95. The molecule has 3 heteroatoms. The van der Waals surface area contributed by atoms with Gasteiger partial charge in [-0.1, -0.05) is 18.6 Å². The van der Waals surface area contributed by atoms with Gasteiger partial charge in [0.15, 0.2) is 0 Å². The van der Waals surface area contributed by atoms with Crippen LogP contribution in [0.1, 0.15) is 32.4 Å². The van der Waals surface area contributed by atoms with Crippen LogP contribution in [0.15, 0.2) is 23.9 Å². The highest BCUT2D eigenvalue weighted by atomic mass is 15.3. The highest BCUT2D eigenvalue weighted by molar-refractivity contribution is 5.09. The van der Waals surface area contributed by atoms with Crippen LogP contribution in [0.2, 0.25) is 0 Å². The van der Waals surface area contributed by atoms with Gasteiger partial charge in [0.2, 0.25) is 0 Å². The van der Waals surface area contributed by atoms with Crippen molar-refractivity contribution in [3.8, 4) is 0 Å². The number of aryl methyl sites for hydroxylation is 1. The maximum atomic E-state index is 4.19.